The van der Waals surface area contributed by atoms with Crippen LogP contribution in [0.15, 0.2) is 47.3 Å². The molecule has 1 amide bonds. The number of rotatable bonds is 1. The molecule has 4 rings (SSSR count). The Balaban J connectivity index is 2.00. The van der Waals surface area contributed by atoms with Crippen LogP contribution in [0.1, 0.15) is 23.5 Å². The summed E-state index contributed by atoms with van der Waals surface area (Å²) in [5.74, 6) is -0.275. The molecule has 6 nitrogen and oxygen atoms in total. The number of aromatic amines is 1. The molecule has 0 saturated heterocycles. The Morgan fingerprint density at radius 1 is 1.09 bits per heavy atom. The van der Waals surface area contributed by atoms with Gasteiger partial charge < -0.3 is 11.1 Å². The fraction of sp³-hybridized carbons (Fsp3) is 0.118. The molecule has 3 aromatic rings. The number of nitrogens with two attached hydrogens (primary N) is 1. The Bertz CT molecular complexity index is 988. The van der Waals surface area contributed by atoms with Crippen LogP contribution in [0.2, 0.25) is 0 Å². The van der Waals surface area contributed by atoms with E-state index in [2.05, 4.69) is 15.3 Å². The number of hydrogen-bond donors (Lipinski definition) is 3. The summed E-state index contributed by atoms with van der Waals surface area (Å²) in [6, 6.07) is 13.8. The van der Waals surface area contributed by atoms with Crippen molar-refractivity contribution in [3.05, 3.63) is 63.9 Å². The number of carbonyl (C=O) groups excluding carboxylic acids is 1. The zero-order valence-corrected chi connectivity index (χ0v) is 12.2. The van der Waals surface area contributed by atoms with Gasteiger partial charge in [-0.2, -0.15) is 4.98 Å². The van der Waals surface area contributed by atoms with E-state index in [-0.39, 0.29) is 35.6 Å². The molecule has 1 aromatic heterocycles. The molecule has 0 bridgehead atoms. The Hall–Kier alpha value is -3.15. The number of H-pyrrole nitrogens is 1. The molecule has 0 radical (unpaired) electrons. The van der Waals surface area contributed by atoms with Crippen LogP contribution in [0, 0.1) is 0 Å². The van der Waals surface area contributed by atoms with E-state index >= 15 is 0 Å². The molecule has 1 aliphatic heterocycles. The maximum Gasteiger partial charge on any atom is 0.258 e. The van der Waals surface area contributed by atoms with Gasteiger partial charge in [-0.05, 0) is 16.3 Å². The molecule has 0 fully saturated rings. The van der Waals surface area contributed by atoms with Crippen LogP contribution in [0.4, 0.5) is 11.8 Å². The van der Waals surface area contributed by atoms with Crippen molar-refractivity contribution in [2.75, 3.05) is 11.1 Å². The van der Waals surface area contributed by atoms with Gasteiger partial charge in [-0.3, -0.25) is 14.6 Å². The molecule has 0 unspecified atom stereocenters. The lowest BCUT2D eigenvalue weighted by molar-refractivity contribution is -0.116. The normalized spacial score (nSPS) is 16.9. The first kappa shape index (κ1) is 13.5. The lowest BCUT2D eigenvalue weighted by Crippen LogP contribution is -2.31. The lowest BCUT2D eigenvalue weighted by Gasteiger charge is -2.25. The highest BCUT2D eigenvalue weighted by Crippen LogP contribution is 2.37. The largest absolute Gasteiger partial charge is 0.369 e. The van der Waals surface area contributed by atoms with E-state index < -0.39 is 0 Å². The third-order valence-corrected chi connectivity index (χ3v) is 4.17. The van der Waals surface area contributed by atoms with Crippen LogP contribution < -0.4 is 16.6 Å². The van der Waals surface area contributed by atoms with Gasteiger partial charge in [0, 0.05) is 12.3 Å². The second kappa shape index (κ2) is 4.95. The molecule has 2 heterocycles. The molecule has 6 heteroatoms. The minimum Gasteiger partial charge on any atom is -0.369 e. The standard InChI is InChI=1S/C17H14N4O2/c18-17-20-15-14(16(23)21-17)12(8-13(22)19-15)11-7-3-5-9-4-1-2-6-10(9)11/h1-7,12H,8H2,(H4,18,19,20,21,22,23)/t12-/m0/s1. The predicted octanol–water partition coefficient (Wildman–Crippen LogP) is 1.98. The van der Waals surface area contributed by atoms with E-state index in [1.54, 1.807) is 0 Å². The Labute approximate surface area is 131 Å². The third-order valence-electron chi connectivity index (χ3n) is 4.17. The Morgan fingerprint density at radius 2 is 1.87 bits per heavy atom. The zero-order valence-electron chi connectivity index (χ0n) is 12.2. The SMILES string of the molecule is Nc1nc2c(c(=O)[nH]1)[C@H](c1cccc3ccccc13)CC(=O)N2. The topological polar surface area (TPSA) is 101 Å². The maximum absolute atomic E-state index is 12.4. The van der Waals surface area contributed by atoms with Crippen LogP contribution in [-0.2, 0) is 4.79 Å². The highest BCUT2D eigenvalue weighted by Gasteiger charge is 2.31. The molecule has 23 heavy (non-hydrogen) atoms. The first-order chi connectivity index (χ1) is 11.1. The molecule has 2 aromatic carbocycles. The van der Waals surface area contributed by atoms with E-state index in [1.807, 2.05) is 42.5 Å². The van der Waals surface area contributed by atoms with E-state index in [4.69, 9.17) is 5.73 Å². The van der Waals surface area contributed by atoms with Crippen molar-refractivity contribution < 1.29 is 4.79 Å². The summed E-state index contributed by atoms with van der Waals surface area (Å²) in [6.45, 7) is 0. The average molecular weight is 306 g/mol. The van der Waals surface area contributed by atoms with Gasteiger partial charge in [-0.1, -0.05) is 42.5 Å². The summed E-state index contributed by atoms with van der Waals surface area (Å²) in [5.41, 5.74) is 6.67. The van der Waals surface area contributed by atoms with E-state index in [9.17, 15) is 9.59 Å². The van der Waals surface area contributed by atoms with Crippen molar-refractivity contribution in [2.24, 2.45) is 0 Å². The monoisotopic (exact) mass is 306 g/mol. The Morgan fingerprint density at radius 3 is 2.74 bits per heavy atom. The highest BCUT2D eigenvalue weighted by atomic mass is 16.2. The molecular weight excluding hydrogens is 292 g/mol. The first-order valence-corrected chi connectivity index (χ1v) is 7.30. The summed E-state index contributed by atoms with van der Waals surface area (Å²) in [4.78, 5) is 31.0. The number of hydrogen-bond acceptors (Lipinski definition) is 4. The zero-order chi connectivity index (χ0) is 16.0. The molecule has 4 N–H and O–H groups in total. The van der Waals surface area contributed by atoms with Gasteiger partial charge in [0.2, 0.25) is 11.9 Å². The molecule has 1 atom stereocenters. The van der Waals surface area contributed by atoms with Crippen molar-refractivity contribution in [3.8, 4) is 0 Å². The fourth-order valence-corrected chi connectivity index (χ4v) is 3.21. The van der Waals surface area contributed by atoms with Crippen molar-refractivity contribution in [1.29, 1.82) is 0 Å². The average Bonchev–Trinajstić information content (AvgIpc) is 2.52. The minimum absolute atomic E-state index is 0.00683. The molecule has 0 saturated carbocycles. The summed E-state index contributed by atoms with van der Waals surface area (Å²) in [7, 11) is 0. The fourth-order valence-electron chi connectivity index (χ4n) is 3.21. The molecule has 0 aliphatic carbocycles. The number of nitrogens with one attached hydrogen (secondary N) is 2. The number of anilines is 2. The molecule has 1 aliphatic rings. The predicted molar refractivity (Wildman–Crippen MR) is 88.3 cm³/mol. The number of carbonyl (C=O) groups is 1. The second-order valence-corrected chi connectivity index (χ2v) is 5.59. The van der Waals surface area contributed by atoms with Gasteiger partial charge >= 0.3 is 0 Å². The number of benzene rings is 2. The van der Waals surface area contributed by atoms with Crippen molar-refractivity contribution in [1.82, 2.24) is 9.97 Å². The third kappa shape index (κ3) is 2.15. The summed E-state index contributed by atoms with van der Waals surface area (Å²) < 4.78 is 0. The van der Waals surface area contributed by atoms with Gasteiger partial charge in [0.15, 0.2) is 0 Å². The van der Waals surface area contributed by atoms with Gasteiger partial charge in [-0.25, -0.2) is 0 Å². The number of fused-ring (bicyclic) bond motifs is 2. The molecule has 0 spiro atoms. The smallest absolute Gasteiger partial charge is 0.258 e. The number of amides is 1. The minimum atomic E-state index is -0.346. The van der Waals surface area contributed by atoms with Crippen molar-refractivity contribution in [2.45, 2.75) is 12.3 Å². The van der Waals surface area contributed by atoms with Gasteiger partial charge in [0.1, 0.15) is 5.82 Å². The summed E-state index contributed by atoms with van der Waals surface area (Å²) in [6.07, 6.45) is 0.204. The van der Waals surface area contributed by atoms with Crippen LogP contribution in [-0.4, -0.2) is 15.9 Å². The van der Waals surface area contributed by atoms with Crippen molar-refractivity contribution >= 4 is 28.4 Å². The van der Waals surface area contributed by atoms with Crippen molar-refractivity contribution in [3.63, 3.8) is 0 Å². The molecular formula is C17H14N4O2. The second-order valence-electron chi connectivity index (χ2n) is 5.59. The first-order valence-electron chi connectivity index (χ1n) is 7.30. The lowest BCUT2D eigenvalue weighted by atomic mass is 9.84. The van der Waals surface area contributed by atoms with Gasteiger partial charge in [-0.15, -0.1) is 0 Å². The number of nitrogen functional groups attached to an aromatic ring is 1. The Kier molecular flexibility index (Phi) is 2.90. The quantitative estimate of drug-likeness (QED) is 0.640. The van der Waals surface area contributed by atoms with E-state index in [0.29, 0.717) is 5.56 Å². The van der Waals surface area contributed by atoms with Crippen LogP contribution in [0.25, 0.3) is 10.8 Å². The maximum atomic E-state index is 12.4. The van der Waals surface area contributed by atoms with Crippen LogP contribution in [0.3, 0.4) is 0 Å². The summed E-state index contributed by atoms with van der Waals surface area (Å²) >= 11 is 0. The highest BCUT2D eigenvalue weighted by molar-refractivity contribution is 5.96. The van der Waals surface area contributed by atoms with Gasteiger partial charge in [0.05, 0.1) is 5.56 Å². The summed E-state index contributed by atoms with van der Waals surface area (Å²) in [5, 5.41) is 4.73. The van der Waals surface area contributed by atoms with E-state index in [1.165, 1.54) is 0 Å². The number of aromatic nitrogens is 2. The van der Waals surface area contributed by atoms with Gasteiger partial charge in [0.25, 0.3) is 5.56 Å². The number of nitrogens with zero attached hydrogens (tertiary/aromatic N) is 1. The molecule has 114 valence electrons. The van der Waals surface area contributed by atoms with Crippen LogP contribution in [0.5, 0.6) is 0 Å². The van der Waals surface area contributed by atoms with Crippen LogP contribution >= 0.6 is 0 Å². The van der Waals surface area contributed by atoms with E-state index in [0.717, 1.165) is 16.3 Å².